The molecular formula is C12H14FN5. The molecule has 0 radical (unpaired) electrons. The molecule has 0 saturated heterocycles. The molecule has 6 heteroatoms. The van der Waals surface area contributed by atoms with Gasteiger partial charge in [0.15, 0.2) is 5.82 Å². The van der Waals surface area contributed by atoms with Crippen molar-refractivity contribution >= 4 is 0 Å². The van der Waals surface area contributed by atoms with E-state index in [1.54, 1.807) is 19.2 Å². The Hall–Kier alpha value is -1.82. The Labute approximate surface area is 104 Å². The van der Waals surface area contributed by atoms with Crippen LogP contribution in [-0.2, 0) is 25.4 Å². The van der Waals surface area contributed by atoms with Crippen molar-refractivity contribution in [1.82, 2.24) is 20.2 Å². The quantitative estimate of drug-likeness (QED) is 0.847. The first kappa shape index (κ1) is 11.3. The Morgan fingerprint density at radius 2 is 2.33 bits per heavy atom. The zero-order valence-electron chi connectivity index (χ0n) is 10.1. The van der Waals surface area contributed by atoms with E-state index in [4.69, 9.17) is 5.73 Å². The summed E-state index contributed by atoms with van der Waals surface area (Å²) in [6.45, 7) is 0. The van der Waals surface area contributed by atoms with Gasteiger partial charge in [-0.1, -0.05) is 6.07 Å². The highest BCUT2D eigenvalue weighted by molar-refractivity contribution is 5.39. The average Bonchev–Trinajstić information content (AvgIpc) is 2.84. The number of hydrogen-bond acceptors (Lipinski definition) is 4. The smallest absolute Gasteiger partial charge is 0.176 e. The number of benzene rings is 1. The van der Waals surface area contributed by atoms with Gasteiger partial charge in [-0.15, -0.1) is 10.2 Å². The van der Waals surface area contributed by atoms with E-state index in [9.17, 15) is 4.39 Å². The van der Waals surface area contributed by atoms with Crippen LogP contribution < -0.4 is 5.73 Å². The lowest BCUT2D eigenvalue weighted by atomic mass is 9.89. The van der Waals surface area contributed by atoms with Gasteiger partial charge in [0.05, 0.1) is 7.05 Å². The highest BCUT2D eigenvalue weighted by Gasteiger charge is 2.36. The molecule has 0 amide bonds. The second-order valence-electron chi connectivity index (χ2n) is 4.83. The number of fused-ring (bicyclic) bond motifs is 1. The van der Waals surface area contributed by atoms with Crippen LogP contribution in [0.1, 0.15) is 23.4 Å². The third-order valence-electron chi connectivity index (χ3n) is 3.47. The van der Waals surface area contributed by atoms with Crippen LogP contribution in [0.2, 0.25) is 0 Å². The van der Waals surface area contributed by atoms with E-state index in [2.05, 4.69) is 15.4 Å². The summed E-state index contributed by atoms with van der Waals surface area (Å²) in [7, 11) is 1.72. The topological polar surface area (TPSA) is 69.6 Å². The van der Waals surface area contributed by atoms with Gasteiger partial charge < -0.3 is 5.73 Å². The zero-order valence-corrected chi connectivity index (χ0v) is 10.1. The molecule has 5 nitrogen and oxygen atoms in total. The Kier molecular flexibility index (Phi) is 2.41. The second kappa shape index (κ2) is 3.84. The van der Waals surface area contributed by atoms with Gasteiger partial charge in [-0.25, -0.2) is 4.39 Å². The van der Waals surface area contributed by atoms with E-state index in [1.807, 2.05) is 0 Å². The molecule has 1 aliphatic rings. The lowest BCUT2D eigenvalue weighted by Gasteiger charge is -2.23. The van der Waals surface area contributed by atoms with Gasteiger partial charge in [-0.3, -0.25) is 0 Å². The van der Waals surface area contributed by atoms with Gasteiger partial charge in [-0.05, 0) is 41.3 Å². The monoisotopic (exact) mass is 247 g/mol. The van der Waals surface area contributed by atoms with Crippen LogP contribution in [0.5, 0.6) is 0 Å². The average molecular weight is 247 g/mol. The van der Waals surface area contributed by atoms with Crippen LogP contribution in [0.3, 0.4) is 0 Å². The van der Waals surface area contributed by atoms with E-state index >= 15 is 0 Å². The van der Waals surface area contributed by atoms with E-state index in [-0.39, 0.29) is 5.82 Å². The third-order valence-corrected chi connectivity index (χ3v) is 3.47. The second-order valence-corrected chi connectivity index (χ2v) is 4.83. The molecule has 1 aromatic carbocycles. The Balaban J connectivity index is 1.94. The van der Waals surface area contributed by atoms with Gasteiger partial charge in [-0.2, -0.15) is 4.80 Å². The third kappa shape index (κ3) is 1.78. The van der Waals surface area contributed by atoms with Gasteiger partial charge in [0, 0.05) is 12.0 Å². The molecule has 1 atom stereocenters. The van der Waals surface area contributed by atoms with Crippen molar-refractivity contribution < 1.29 is 4.39 Å². The summed E-state index contributed by atoms with van der Waals surface area (Å²) in [4.78, 5) is 1.42. The fourth-order valence-electron chi connectivity index (χ4n) is 2.61. The highest BCUT2D eigenvalue weighted by Crippen LogP contribution is 2.37. The lowest BCUT2D eigenvalue weighted by molar-refractivity contribution is 0.427. The van der Waals surface area contributed by atoms with Crippen molar-refractivity contribution in [3.8, 4) is 0 Å². The minimum atomic E-state index is -0.508. The predicted octanol–water partition coefficient (Wildman–Crippen LogP) is 0.692. The summed E-state index contributed by atoms with van der Waals surface area (Å²) in [6.07, 6.45) is 2.10. The molecule has 94 valence electrons. The molecule has 2 N–H and O–H groups in total. The SMILES string of the molecule is Cn1nnc(CC2(N)CCc3cc(F)ccc32)n1. The first-order chi connectivity index (χ1) is 8.57. The molecule has 1 unspecified atom stereocenters. The number of hydrogen-bond donors (Lipinski definition) is 1. The maximum Gasteiger partial charge on any atom is 0.176 e. The van der Waals surface area contributed by atoms with Gasteiger partial charge in [0.2, 0.25) is 0 Å². The van der Waals surface area contributed by atoms with Gasteiger partial charge >= 0.3 is 0 Å². The maximum absolute atomic E-state index is 13.2. The molecule has 0 fully saturated rings. The van der Waals surface area contributed by atoms with Crippen LogP contribution in [0.15, 0.2) is 18.2 Å². The normalized spacial score (nSPS) is 22.2. The Bertz CT molecular complexity index is 594. The van der Waals surface area contributed by atoms with Gasteiger partial charge in [0.1, 0.15) is 5.82 Å². The standard InChI is InChI=1S/C12H14FN5/c1-18-16-11(15-17-18)7-12(14)5-4-8-6-9(13)2-3-10(8)12/h2-3,6H,4-5,7,14H2,1H3. The van der Waals surface area contributed by atoms with Crippen LogP contribution in [0.4, 0.5) is 4.39 Å². The molecule has 1 aliphatic carbocycles. The number of tetrazole rings is 1. The van der Waals surface area contributed by atoms with Crippen molar-refractivity contribution in [2.24, 2.45) is 12.8 Å². The molecule has 0 saturated carbocycles. The fraction of sp³-hybridized carbons (Fsp3) is 0.417. The predicted molar refractivity (Wildman–Crippen MR) is 63.1 cm³/mol. The molecule has 0 bridgehead atoms. The maximum atomic E-state index is 13.2. The first-order valence-corrected chi connectivity index (χ1v) is 5.87. The zero-order chi connectivity index (χ0) is 12.8. The number of halogens is 1. The van der Waals surface area contributed by atoms with Crippen molar-refractivity contribution in [2.45, 2.75) is 24.8 Å². The van der Waals surface area contributed by atoms with Gasteiger partial charge in [0.25, 0.3) is 0 Å². The molecule has 1 aromatic heterocycles. The molecular weight excluding hydrogens is 233 g/mol. The van der Waals surface area contributed by atoms with E-state index in [1.165, 1.54) is 10.9 Å². The minimum Gasteiger partial charge on any atom is -0.321 e. The van der Waals surface area contributed by atoms with Crippen molar-refractivity contribution in [2.75, 3.05) is 0 Å². The summed E-state index contributed by atoms with van der Waals surface area (Å²) in [6, 6.07) is 4.79. The highest BCUT2D eigenvalue weighted by atomic mass is 19.1. The van der Waals surface area contributed by atoms with Crippen molar-refractivity contribution in [1.29, 1.82) is 0 Å². The molecule has 0 aliphatic heterocycles. The Morgan fingerprint density at radius 1 is 1.50 bits per heavy atom. The van der Waals surface area contributed by atoms with Crippen LogP contribution in [0.25, 0.3) is 0 Å². The number of aryl methyl sites for hydroxylation is 2. The number of nitrogens with zero attached hydrogens (tertiary/aromatic N) is 4. The summed E-state index contributed by atoms with van der Waals surface area (Å²) >= 11 is 0. The van der Waals surface area contributed by atoms with E-state index in [0.29, 0.717) is 12.2 Å². The van der Waals surface area contributed by atoms with Crippen LogP contribution in [0, 0.1) is 5.82 Å². The van der Waals surface area contributed by atoms with Crippen LogP contribution >= 0.6 is 0 Å². The lowest BCUT2D eigenvalue weighted by Crippen LogP contribution is -2.37. The van der Waals surface area contributed by atoms with E-state index in [0.717, 1.165) is 24.0 Å². The van der Waals surface area contributed by atoms with E-state index < -0.39 is 5.54 Å². The van der Waals surface area contributed by atoms with Crippen molar-refractivity contribution in [3.05, 3.63) is 41.0 Å². The fourth-order valence-corrected chi connectivity index (χ4v) is 2.61. The molecule has 0 spiro atoms. The molecule has 3 rings (SSSR count). The number of nitrogens with two attached hydrogens (primary N) is 1. The molecule has 1 heterocycles. The Morgan fingerprint density at radius 3 is 3.06 bits per heavy atom. The summed E-state index contributed by atoms with van der Waals surface area (Å²) in [5, 5.41) is 11.9. The largest absolute Gasteiger partial charge is 0.321 e. The molecule has 2 aromatic rings. The summed E-state index contributed by atoms with van der Waals surface area (Å²) < 4.78 is 13.2. The number of aromatic nitrogens is 4. The molecule has 18 heavy (non-hydrogen) atoms. The minimum absolute atomic E-state index is 0.212. The first-order valence-electron chi connectivity index (χ1n) is 5.87. The van der Waals surface area contributed by atoms with Crippen LogP contribution in [-0.4, -0.2) is 20.2 Å². The number of rotatable bonds is 2. The van der Waals surface area contributed by atoms with Crippen molar-refractivity contribution in [3.63, 3.8) is 0 Å². The summed E-state index contributed by atoms with van der Waals surface area (Å²) in [5.74, 6) is 0.410. The summed E-state index contributed by atoms with van der Waals surface area (Å²) in [5.41, 5.74) is 7.90.